The predicted octanol–water partition coefficient (Wildman–Crippen LogP) is 20.6. The Balaban J connectivity index is 3.42. The zero-order chi connectivity index (χ0) is 52.2. The molecule has 0 aliphatic carbocycles. The highest BCUT2D eigenvalue weighted by atomic mass is 16.5. The van der Waals surface area contributed by atoms with Crippen LogP contribution in [0.25, 0.3) is 0 Å². The molecule has 426 valence electrons. The normalized spacial score (nSPS) is 12.7. The molecule has 72 heavy (non-hydrogen) atoms. The van der Waals surface area contributed by atoms with Gasteiger partial charge in [-0.25, -0.2) is 0 Å². The van der Waals surface area contributed by atoms with Gasteiger partial charge in [-0.05, 0) is 77.0 Å². The molecular weight excluding hydrogens is 887 g/mol. The summed E-state index contributed by atoms with van der Waals surface area (Å²) < 4.78 is 5.49. The number of unbranched alkanes of at least 4 members (excludes halogenated alkanes) is 46. The van der Waals surface area contributed by atoms with Gasteiger partial charge in [-0.1, -0.05) is 295 Å². The Labute approximate surface area is 450 Å². The minimum atomic E-state index is -0.671. The van der Waals surface area contributed by atoms with Crippen LogP contribution in [0, 0.1) is 0 Å². The first-order valence-corrected chi connectivity index (χ1v) is 32.6. The van der Waals surface area contributed by atoms with Crippen LogP contribution >= 0.6 is 0 Å². The number of aliphatic hydroxyl groups excluding tert-OH is 2. The molecule has 0 aromatic rings. The number of ether oxygens (including phenoxy) is 1. The molecule has 0 aromatic heterocycles. The molecule has 0 bridgehead atoms. The summed E-state index contributed by atoms with van der Waals surface area (Å²) in [7, 11) is 0. The zero-order valence-electron chi connectivity index (χ0n) is 48.7. The van der Waals surface area contributed by atoms with Gasteiger partial charge in [0.15, 0.2) is 0 Å². The van der Waals surface area contributed by atoms with Crippen molar-refractivity contribution in [1.29, 1.82) is 0 Å². The number of rotatable bonds is 61. The minimum Gasteiger partial charge on any atom is -0.466 e. The van der Waals surface area contributed by atoms with E-state index in [2.05, 4.69) is 43.5 Å². The van der Waals surface area contributed by atoms with Crippen molar-refractivity contribution in [3.63, 3.8) is 0 Å². The number of carbonyl (C=O) groups excluding carboxylic acids is 2. The number of nitrogens with one attached hydrogen (secondary N) is 1. The fourth-order valence-electron chi connectivity index (χ4n) is 10.2. The third-order valence-electron chi connectivity index (χ3n) is 15.2. The molecule has 2 unspecified atom stereocenters. The van der Waals surface area contributed by atoms with Gasteiger partial charge < -0.3 is 20.3 Å². The van der Waals surface area contributed by atoms with E-state index in [-0.39, 0.29) is 18.5 Å². The smallest absolute Gasteiger partial charge is 0.305 e. The van der Waals surface area contributed by atoms with E-state index in [1.807, 2.05) is 0 Å². The topological polar surface area (TPSA) is 95.9 Å². The van der Waals surface area contributed by atoms with Gasteiger partial charge in [0.25, 0.3) is 0 Å². The van der Waals surface area contributed by atoms with Crippen LogP contribution in [0.5, 0.6) is 0 Å². The summed E-state index contributed by atoms with van der Waals surface area (Å²) in [4.78, 5) is 24.6. The summed E-state index contributed by atoms with van der Waals surface area (Å²) >= 11 is 0. The molecule has 0 heterocycles. The predicted molar refractivity (Wildman–Crippen MR) is 315 cm³/mol. The van der Waals surface area contributed by atoms with Gasteiger partial charge >= 0.3 is 5.97 Å². The van der Waals surface area contributed by atoms with Crippen molar-refractivity contribution in [1.82, 2.24) is 5.32 Å². The van der Waals surface area contributed by atoms with Crippen LogP contribution in [0.15, 0.2) is 24.3 Å². The van der Waals surface area contributed by atoms with E-state index in [1.165, 1.54) is 283 Å². The Kier molecular flexibility index (Phi) is 60.5. The van der Waals surface area contributed by atoms with Crippen LogP contribution in [-0.4, -0.2) is 47.4 Å². The summed E-state index contributed by atoms with van der Waals surface area (Å²) in [5.74, 6) is -0.0399. The van der Waals surface area contributed by atoms with Gasteiger partial charge in [-0.2, -0.15) is 0 Å². The van der Waals surface area contributed by atoms with E-state index in [0.29, 0.717) is 25.9 Å². The van der Waals surface area contributed by atoms with Gasteiger partial charge in [-0.15, -0.1) is 0 Å². The second kappa shape index (κ2) is 61.9. The molecule has 0 aliphatic rings. The van der Waals surface area contributed by atoms with Gasteiger partial charge in [0.2, 0.25) is 5.91 Å². The lowest BCUT2D eigenvalue weighted by atomic mass is 10.0. The lowest BCUT2D eigenvalue weighted by molar-refractivity contribution is -0.143. The monoisotopic (exact) mass is 1010 g/mol. The fraction of sp³-hybridized carbons (Fsp3) is 0.909. The lowest BCUT2D eigenvalue weighted by Gasteiger charge is -2.22. The third-order valence-corrected chi connectivity index (χ3v) is 15.2. The maximum Gasteiger partial charge on any atom is 0.305 e. The highest BCUT2D eigenvalue weighted by Gasteiger charge is 2.20. The van der Waals surface area contributed by atoms with Crippen molar-refractivity contribution in [2.75, 3.05) is 13.2 Å². The molecule has 0 spiro atoms. The molecule has 0 radical (unpaired) electrons. The Morgan fingerprint density at radius 2 is 0.653 bits per heavy atom. The molecule has 6 heteroatoms. The van der Waals surface area contributed by atoms with Crippen molar-refractivity contribution in [3.05, 3.63) is 24.3 Å². The molecule has 0 rings (SSSR count). The fourth-order valence-corrected chi connectivity index (χ4v) is 10.2. The van der Waals surface area contributed by atoms with Crippen LogP contribution in [0.1, 0.15) is 361 Å². The maximum atomic E-state index is 12.5. The number of amides is 1. The standard InChI is InChI=1S/C66H127NO5/c1-3-5-7-9-11-13-15-17-19-21-26-30-34-38-42-46-50-54-58-64(69)63(62-68)67-65(70)59-55-51-47-43-39-35-31-27-24-23-25-29-33-37-41-45-49-53-57-61-72-66(71)60-56-52-48-44-40-36-32-28-22-20-18-16-14-12-10-8-6-4-2/h20,22-24,63-64,68-69H,3-19,21,25-62H2,1-2H3,(H,67,70)/b22-20-,24-23-. The molecule has 0 aromatic carbocycles. The molecule has 0 saturated heterocycles. The average Bonchev–Trinajstić information content (AvgIpc) is 3.38. The second-order valence-electron chi connectivity index (χ2n) is 22.4. The Hall–Kier alpha value is -1.66. The van der Waals surface area contributed by atoms with E-state index >= 15 is 0 Å². The number of hydrogen-bond acceptors (Lipinski definition) is 5. The summed E-state index contributed by atoms with van der Waals surface area (Å²) in [6.45, 7) is 4.96. The average molecular weight is 1010 g/mol. The van der Waals surface area contributed by atoms with E-state index < -0.39 is 12.1 Å². The Morgan fingerprint density at radius 3 is 0.986 bits per heavy atom. The van der Waals surface area contributed by atoms with Gasteiger partial charge in [0, 0.05) is 12.8 Å². The van der Waals surface area contributed by atoms with Crippen LogP contribution in [-0.2, 0) is 14.3 Å². The quantitative estimate of drug-likeness (QED) is 0.0320. The number of carbonyl (C=O) groups is 2. The number of hydrogen-bond donors (Lipinski definition) is 3. The Bertz CT molecular complexity index is 1120. The maximum absolute atomic E-state index is 12.5. The summed E-state index contributed by atoms with van der Waals surface area (Å²) in [5, 5.41) is 23.3. The third kappa shape index (κ3) is 57.6. The van der Waals surface area contributed by atoms with Crippen molar-refractivity contribution in [2.24, 2.45) is 0 Å². The SMILES string of the molecule is CCCCCCCCC/C=C\CCCCCCCCCC(=O)OCCCCCCCCCC/C=C\CCCCCCCCCC(=O)NC(CO)C(O)CCCCCCCCCCCCCCCCCCCC. The lowest BCUT2D eigenvalue weighted by Crippen LogP contribution is -2.45. The first-order chi connectivity index (χ1) is 35.5. The summed E-state index contributed by atoms with van der Waals surface area (Å²) in [6.07, 6.45) is 76.2. The molecule has 1 amide bonds. The highest BCUT2D eigenvalue weighted by Crippen LogP contribution is 2.18. The van der Waals surface area contributed by atoms with E-state index in [1.54, 1.807) is 0 Å². The summed E-state index contributed by atoms with van der Waals surface area (Å²) in [5.41, 5.74) is 0. The van der Waals surface area contributed by atoms with Crippen LogP contribution in [0.3, 0.4) is 0 Å². The van der Waals surface area contributed by atoms with Gasteiger partial charge in [0.1, 0.15) is 0 Å². The van der Waals surface area contributed by atoms with Crippen molar-refractivity contribution in [3.8, 4) is 0 Å². The molecule has 6 nitrogen and oxygen atoms in total. The molecule has 2 atom stereocenters. The number of aliphatic hydroxyl groups is 2. The van der Waals surface area contributed by atoms with Crippen LogP contribution < -0.4 is 5.32 Å². The summed E-state index contributed by atoms with van der Waals surface area (Å²) in [6, 6.07) is -0.549. The van der Waals surface area contributed by atoms with Crippen molar-refractivity contribution in [2.45, 2.75) is 373 Å². The molecular formula is C66H127NO5. The Morgan fingerprint density at radius 1 is 0.375 bits per heavy atom. The van der Waals surface area contributed by atoms with E-state index in [4.69, 9.17) is 4.74 Å². The van der Waals surface area contributed by atoms with Gasteiger partial charge in [0.05, 0.1) is 25.4 Å². The molecule has 0 fully saturated rings. The second-order valence-corrected chi connectivity index (χ2v) is 22.4. The van der Waals surface area contributed by atoms with Crippen LogP contribution in [0.2, 0.25) is 0 Å². The number of allylic oxidation sites excluding steroid dienone is 4. The van der Waals surface area contributed by atoms with Crippen molar-refractivity contribution < 1.29 is 24.5 Å². The first kappa shape index (κ1) is 70.3. The molecule has 0 aliphatic heterocycles. The van der Waals surface area contributed by atoms with E-state index in [9.17, 15) is 19.8 Å². The van der Waals surface area contributed by atoms with Crippen LogP contribution in [0.4, 0.5) is 0 Å². The van der Waals surface area contributed by atoms with E-state index in [0.717, 1.165) is 44.9 Å². The molecule has 3 N–H and O–H groups in total. The molecule has 0 saturated carbocycles. The largest absolute Gasteiger partial charge is 0.466 e. The zero-order valence-corrected chi connectivity index (χ0v) is 48.7. The number of esters is 1. The highest BCUT2D eigenvalue weighted by molar-refractivity contribution is 5.76. The van der Waals surface area contributed by atoms with Crippen molar-refractivity contribution >= 4 is 11.9 Å². The minimum absolute atomic E-state index is 0.00180. The van der Waals surface area contributed by atoms with Gasteiger partial charge in [-0.3, -0.25) is 9.59 Å². The first-order valence-electron chi connectivity index (χ1n) is 32.6.